The first-order valence-corrected chi connectivity index (χ1v) is 14.4. The monoisotopic (exact) mass is 604 g/mol. The second kappa shape index (κ2) is 11.8. The Morgan fingerprint density at radius 3 is 2.72 bits per heavy atom. The Labute approximate surface area is 255 Å². The molecule has 0 radical (unpaired) electrons. The minimum absolute atomic E-state index is 0.0450. The van der Waals surface area contributed by atoms with E-state index in [4.69, 9.17) is 11.6 Å². The van der Waals surface area contributed by atoms with Crippen LogP contribution < -0.4 is 21.6 Å². The molecular formula is C32H35ClF2N8. The zero-order valence-corrected chi connectivity index (χ0v) is 25.4. The Bertz CT molecular complexity index is 1650. The number of fused-ring (bicyclic) bond motifs is 1. The number of aromatic nitrogens is 2. The van der Waals surface area contributed by atoms with Crippen LogP contribution in [0.3, 0.4) is 0 Å². The first-order valence-electron chi connectivity index (χ1n) is 14.1. The van der Waals surface area contributed by atoms with Crippen LogP contribution in [0.15, 0.2) is 61.3 Å². The molecule has 0 amide bonds. The molecule has 1 atom stereocenters. The lowest BCUT2D eigenvalue weighted by Gasteiger charge is -2.25. The van der Waals surface area contributed by atoms with E-state index in [-0.39, 0.29) is 5.41 Å². The molecule has 3 aromatic rings. The molecule has 0 bridgehead atoms. The Morgan fingerprint density at radius 2 is 2.07 bits per heavy atom. The van der Waals surface area contributed by atoms with E-state index in [9.17, 15) is 14.0 Å². The van der Waals surface area contributed by atoms with Crippen molar-refractivity contribution in [3.8, 4) is 6.07 Å². The summed E-state index contributed by atoms with van der Waals surface area (Å²) in [6.45, 7) is 13.3. The van der Waals surface area contributed by atoms with Gasteiger partial charge in [-0.05, 0) is 54.5 Å². The average Bonchev–Trinajstić information content (AvgIpc) is 3.64. The van der Waals surface area contributed by atoms with Crippen molar-refractivity contribution in [2.45, 2.75) is 58.5 Å². The van der Waals surface area contributed by atoms with Gasteiger partial charge in [0.25, 0.3) is 6.43 Å². The van der Waals surface area contributed by atoms with Gasteiger partial charge in [0, 0.05) is 48.0 Å². The maximum absolute atomic E-state index is 14.0. The summed E-state index contributed by atoms with van der Waals surface area (Å²) in [6.07, 6.45) is 8.76. The number of alkyl halides is 2. The number of pyridine rings is 2. The van der Waals surface area contributed by atoms with E-state index in [1.807, 2.05) is 31.2 Å². The maximum atomic E-state index is 14.0. The lowest BCUT2D eigenvalue weighted by Crippen LogP contribution is -2.48. The summed E-state index contributed by atoms with van der Waals surface area (Å²) in [5.74, 6) is 0. The molecule has 224 valence electrons. The molecule has 0 unspecified atom stereocenters. The fourth-order valence-corrected chi connectivity index (χ4v) is 5.33. The lowest BCUT2D eigenvalue weighted by molar-refractivity contribution is 0.00912. The fourth-order valence-electron chi connectivity index (χ4n) is 5.07. The van der Waals surface area contributed by atoms with E-state index in [1.54, 1.807) is 24.7 Å². The van der Waals surface area contributed by atoms with Crippen molar-refractivity contribution >= 4 is 45.5 Å². The summed E-state index contributed by atoms with van der Waals surface area (Å²) in [4.78, 5) is 8.72. The van der Waals surface area contributed by atoms with E-state index in [0.717, 1.165) is 11.1 Å². The van der Waals surface area contributed by atoms with Crippen LogP contribution in [0.4, 0.5) is 20.2 Å². The molecule has 1 aliphatic carbocycles. The van der Waals surface area contributed by atoms with Crippen LogP contribution in [0.5, 0.6) is 0 Å². The van der Waals surface area contributed by atoms with Gasteiger partial charge in [-0.3, -0.25) is 15.0 Å². The van der Waals surface area contributed by atoms with E-state index >= 15 is 0 Å². The summed E-state index contributed by atoms with van der Waals surface area (Å²) in [6, 6.07) is 7.18. The molecule has 3 heterocycles. The SMILES string of the molecule is C=C(c1ccncc1/C=C\C)[C@H](Nc1cc(Cl)c2ncc(C#N)c(NCC(C)(C)C)c2c1)C1=CN(C2(C(F)F)CC2)NN1. The molecule has 4 N–H and O–H groups in total. The summed E-state index contributed by atoms with van der Waals surface area (Å²) >= 11 is 6.76. The zero-order valence-electron chi connectivity index (χ0n) is 24.6. The third-order valence-electron chi connectivity index (χ3n) is 7.59. The molecule has 0 spiro atoms. The Balaban J connectivity index is 1.59. The van der Waals surface area contributed by atoms with Gasteiger partial charge in [0.2, 0.25) is 0 Å². The lowest BCUT2D eigenvalue weighted by atomic mass is 9.94. The van der Waals surface area contributed by atoms with Crippen LogP contribution in [0.1, 0.15) is 57.2 Å². The van der Waals surface area contributed by atoms with Gasteiger partial charge in [-0.25, -0.2) is 8.78 Å². The van der Waals surface area contributed by atoms with Crippen molar-refractivity contribution < 1.29 is 8.78 Å². The number of allylic oxidation sites excluding steroid dienone is 1. The summed E-state index contributed by atoms with van der Waals surface area (Å²) in [5.41, 5.74) is 9.96. The number of hydrogen-bond donors (Lipinski definition) is 4. The van der Waals surface area contributed by atoms with Crippen LogP contribution in [0, 0.1) is 16.7 Å². The molecule has 2 aliphatic rings. The average molecular weight is 605 g/mol. The van der Waals surface area contributed by atoms with Gasteiger partial charge in [0.05, 0.1) is 33.5 Å². The minimum Gasteiger partial charge on any atom is -0.383 e. The fraction of sp³-hybridized carbons (Fsp3) is 0.344. The zero-order chi connectivity index (χ0) is 30.9. The number of anilines is 2. The Hall–Kier alpha value is -4.20. The number of nitrogens with one attached hydrogen (secondary N) is 4. The smallest absolute Gasteiger partial charge is 0.262 e. The molecule has 5 rings (SSSR count). The molecule has 1 aromatic carbocycles. The topological polar surface area (TPSA) is 101 Å². The van der Waals surface area contributed by atoms with Crippen LogP contribution in [0.25, 0.3) is 22.6 Å². The molecule has 11 heteroatoms. The highest BCUT2D eigenvalue weighted by Crippen LogP contribution is 2.47. The summed E-state index contributed by atoms with van der Waals surface area (Å²) in [7, 11) is 0. The Kier molecular flexibility index (Phi) is 8.32. The summed E-state index contributed by atoms with van der Waals surface area (Å²) < 4.78 is 27.9. The maximum Gasteiger partial charge on any atom is 0.262 e. The highest BCUT2D eigenvalue weighted by atomic mass is 35.5. The van der Waals surface area contributed by atoms with Gasteiger partial charge < -0.3 is 16.1 Å². The first-order chi connectivity index (χ1) is 20.5. The predicted molar refractivity (Wildman–Crippen MR) is 169 cm³/mol. The molecule has 8 nitrogen and oxygen atoms in total. The van der Waals surface area contributed by atoms with Crippen molar-refractivity contribution in [3.63, 3.8) is 0 Å². The van der Waals surface area contributed by atoms with Crippen molar-refractivity contribution in [2.75, 3.05) is 17.2 Å². The van der Waals surface area contributed by atoms with Gasteiger partial charge in [-0.1, -0.05) is 51.1 Å². The van der Waals surface area contributed by atoms with Gasteiger partial charge in [0.15, 0.2) is 0 Å². The highest BCUT2D eigenvalue weighted by molar-refractivity contribution is 6.35. The third-order valence-corrected chi connectivity index (χ3v) is 7.88. The van der Waals surface area contributed by atoms with Crippen molar-refractivity contribution in [3.05, 3.63) is 83.1 Å². The van der Waals surface area contributed by atoms with Crippen LogP contribution in [-0.2, 0) is 0 Å². The first kappa shape index (κ1) is 30.3. The van der Waals surface area contributed by atoms with Crippen LogP contribution in [0.2, 0.25) is 5.02 Å². The van der Waals surface area contributed by atoms with E-state index in [0.29, 0.717) is 63.5 Å². The van der Waals surface area contributed by atoms with Gasteiger partial charge in [-0.2, -0.15) is 5.26 Å². The van der Waals surface area contributed by atoms with Crippen LogP contribution in [-0.4, -0.2) is 39.5 Å². The second-order valence-corrected chi connectivity index (χ2v) is 12.5. The summed E-state index contributed by atoms with van der Waals surface area (Å²) in [5, 5.41) is 19.4. The van der Waals surface area contributed by atoms with Crippen LogP contribution >= 0.6 is 11.6 Å². The van der Waals surface area contributed by atoms with Crippen molar-refractivity contribution in [2.24, 2.45) is 5.41 Å². The van der Waals surface area contributed by atoms with Crippen molar-refractivity contribution in [1.29, 1.82) is 5.26 Å². The standard InChI is InChI=1S/C32H35ClF2N8/c1-6-7-20-15-37-11-8-23(20)19(2)27(26-17-43(42-41-26)32(9-10-32)30(34)35)40-22-12-24-28(39-18-31(3,4)5)21(14-36)16-38-29(24)25(33)13-22/h6-8,11-13,15-17,27,30,40-42H,2,9-10,18H2,1,3-5H3,(H,38,39)/b7-6-/t27-/m0/s1. The number of halogens is 3. The van der Waals surface area contributed by atoms with Gasteiger partial charge in [0.1, 0.15) is 11.6 Å². The number of benzene rings is 1. The number of hydrogen-bond acceptors (Lipinski definition) is 8. The van der Waals surface area contributed by atoms with E-state index < -0.39 is 18.0 Å². The molecule has 0 saturated heterocycles. The molecule has 1 aliphatic heterocycles. The van der Waals surface area contributed by atoms with Crippen molar-refractivity contribution in [1.82, 2.24) is 25.9 Å². The van der Waals surface area contributed by atoms with E-state index in [1.165, 1.54) is 11.2 Å². The van der Waals surface area contributed by atoms with E-state index in [2.05, 4.69) is 65.0 Å². The highest BCUT2D eigenvalue weighted by Gasteiger charge is 2.56. The number of rotatable bonds is 10. The molecule has 43 heavy (non-hydrogen) atoms. The van der Waals surface area contributed by atoms with Gasteiger partial charge >= 0.3 is 0 Å². The molecule has 1 fully saturated rings. The molecule has 1 saturated carbocycles. The minimum atomic E-state index is -2.51. The third kappa shape index (κ3) is 6.14. The molecule has 2 aromatic heterocycles. The normalized spacial score (nSPS) is 16.6. The number of nitriles is 1. The number of nitrogens with zero attached hydrogens (tertiary/aromatic N) is 4. The predicted octanol–water partition coefficient (Wildman–Crippen LogP) is 7.10. The molecular weight excluding hydrogens is 570 g/mol. The largest absolute Gasteiger partial charge is 0.383 e. The van der Waals surface area contributed by atoms with Gasteiger partial charge in [-0.15, -0.1) is 5.53 Å². The number of hydrazine groups is 2. The second-order valence-electron chi connectivity index (χ2n) is 12.1. The Morgan fingerprint density at radius 1 is 1.30 bits per heavy atom. The quantitative estimate of drug-likeness (QED) is 0.194.